The molecule has 1 aromatic heterocycles. The molecule has 0 bridgehead atoms. The summed E-state index contributed by atoms with van der Waals surface area (Å²) in [6.07, 6.45) is 1.12. The van der Waals surface area contributed by atoms with Gasteiger partial charge in [0.2, 0.25) is 5.91 Å². The van der Waals surface area contributed by atoms with Gasteiger partial charge in [0.05, 0.1) is 18.4 Å². The van der Waals surface area contributed by atoms with Crippen LogP contribution in [0.1, 0.15) is 5.56 Å². The molecule has 0 atom stereocenters. The summed E-state index contributed by atoms with van der Waals surface area (Å²) in [6, 6.07) is 5.98. The van der Waals surface area contributed by atoms with Crippen molar-refractivity contribution in [3.8, 4) is 11.3 Å². The molecule has 0 saturated carbocycles. The molecule has 120 valence electrons. The molecule has 3 rings (SSSR count). The van der Waals surface area contributed by atoms with E-state index in [-0.39, 0.29) is 24.8 Å². The highest BCUT2D eigenvalue weighted by Crippen LogP contribution is 2.21. The molecule has 2 amide bonds. The molecule has 23 heavy (non-hydrogen) atoms. The predicted molar refractivity (Wildman–Crippen MR) is 78.7 cm³/mol. The van der Waals surface area contributed by atoms with Crippen LogP contribution in [-0.4, -0.2) is 46.8 Å². The summed E-state index contributed by atoms with van der Waals surface area (Å²) in [4.78, 5) is 24.5. The molecule has 0 radical (unpaired) electrons. The zero-order chi connectivity index (χ0) is 16.2. The monoisotopic (exact) mass is 318 g/mol. The predicted octanol–water partition coefficient (Wildman–Crippen LogP) is 1.28. The van der Waals surface area contributed by atoms with E-state index in [1.165, 1.54) is 17.0 Å². The number of aromatic amines is 1. The van der Waals surface area contributed by atoms with E-state index in [1.54, 1.807) is 18.3 Å². The molecular weight excluding hydrogens is 303 g/mol. The fourth-order valence-corrected chi connectivity index (χ4v) is 2.30. The lowest BCUT2D eigenvalue weighted by Crippen LogP contribution is -2.37. The Morgan fingerprint density at radius 3 is 2.87 bits per heavy atom. The minimum atomic E-state index is -0.476. The smallest absolute Gasteiger partial charge is 0.410 e. The lowest BCUT2D eigenvalue weighted by molar-refractivity contribution is -0.121. The number of amides is 2. The van der Waals surface area contributed by atoms with Crippen molar-refractivity contribution in [2.45, 2.75) is 6.54 Å². The summed E-state index contributed by atoms with van der Waals surface area (Å²) in [7, 11) is 0. The second-order valence-electron chi connectivity index (χ2n) is 5.09. The minimum absolute atomic E-state index is 0.0391. The van der Waals surface area contributed by atoms with Gasteiger partial charge in [-0.25, -0.2) is 9.18 Å². The lowest BCUT2D eigenvalue weighted by atomic mass is 10.1. The molecule has 1 aromatic carbocycles. The Bertz CT molecular complexity index is 714. The van der Waals surface area contributed by atoms with Gasteiger partial charge in [0.1, 0.15) is 19.0 Å². The van der Waals surface area contributed by atoms with Crippen LogP contribution in [-0.2, 0) is 16.1 Å². The van der Waals surface area contributed by atoms with Crippen molar-refractivity contribution in [2.75, 3.05) is 19.7 Å². The highest BCUT2D eigenvalue weighted by atomic mass is 19.1. The first-order valence-corrected chi connectivity index (χ1v) is 7.10. The van der Waals surface area contributed by atoms with Gasteiger partial charge in [0.15, 0.2) is 0 Å². The number of carbonyl (C=O) groups is 2. The third kappa shape index (κ3) is 3.47. The Balaban J connectivity index is 1.60. The Morgan fingerprint density at radius 1 is 1.39 bits per heavy atom. The van der Waals surface area contributed by atoms with Crippen molar-refractivity contribution in [3.63, 3.8) is 0 Å². The number of cyclic esters (lactones) is 1. The standard InChI is InChI=1S/C15H15FN4O3/c16-12-3-1-10(2-4-12)14-11(8-18-19-14)7-17-13(21)9-20-5-6-23-15(20)22/h1-4,8H,5-7,9H2,(H,17,21)(H,18,19). The maximum Gasteiger partial charge on any atom is 0.410 e. The van der Waals surface area contributed by atoms with Crippen LogP contribution < -0.4 is 5.32 Å². The van der Waals surface area contributed by atoms with Crippen molar-refractivity contribution in [1.29, 1.82) is 0 Å². The number of carbonyl (C=O) groups excluding carboxylic acids is 2. The van der Waals surface area contributed by atoms with E-state index in [0.29, 0.717) is 18.8 Å². The number of halogens is 1. The fourth-order valence-electron chi connectivity index (χ4n) is 2.30. The lowest BCUT2D eigenvalue weighted by Gasteiger charge is -2.12. The summed E-state index contributed by atoms with van der Waals surface area (Å²) in [5.74, 6) is -0.601. The van der Waals surface area contributed by atoms with Gasteiger partial charge in [-0.3, -0.25) is 14.8 Å². The third-order valence-corrected chi connectivity index (χ3v) is 3.51. The van der Waals surface area contributed by atoms with E-state index in [1.807, 2.05) is 0 Å². The molecule has 1 saturated heterocycles. The van der Waals surface area contributed by atoms with Gasteiger partial charge >= 0.3 is 6.09 Å². The van der Waals surface area contributed by atoms with Crippen LogP contribution in [0.4, 0.5) is 9.18 Å². The van der Waals surface area contributed by atoms with Gasteiger partial charge in [0, 0.05) is 17.7 Å². The van der Waals surface area contributed by atoms with Gasteiger partial charge in [-0.15, -0.1) is 0 Å². The number of hydrogen-bond acceptors (Lipinski definition) is 4. The molecule has 0 unspecified atom stereocenters. The van der Waals surface area contributed by atoms with Crippen molar-refractivity contribution < 1.29 is 18.7 Å². The number of nitrogens with one attached hydrogen (secondary N) is 2. The molecule has 2 aromatic rings. The van der Waals surface area contributed by atoms with Gasteiger partial charge in [0.25, 0.3) is 0 Å². The number of hydrogen-bond donors (Lipinski definition) is 2. The van der Waals surface area contributed by atoms with E-state index in [2.05, 4.69) is 15.5 Å². The average molecular weight is 318 g/mol. The van der Waals surface area contributed by atoms with Crippen molar-refractivity contribution in [1.82, 2.24) is 20.4 Å². The molecule has 7 nitrogen and oxygen atoms in total. The highest BCUT2D eigenvalue weighted by molar-refractivity contribution is 5.82. The summed E-state index contributed by atoms with van der Waals surface area (Å²) in [6.45, 7) is 0.939. The van der Waals surface area contributed by atoms with Gasteiger partial charge in [-0.05, 0) is 24.3 Å². The van der Waals surface area contributed by atoms with Crippen LogP contribution in [0.2, 0.25) is 0 Å². The number of aromatic nitrogens is 2. The van der Waals surface area contributed by atoms with Gasteiger partial charge in [-0.2, -0.15) is 5.10 Å². The van der Waals surface area contributed by atoms with Crippen molar-refractivity contribution in [2.24, 2.45) is 0 Å². The summed E-state index contributed by atoms with van der Waals surface area (Å²) < 4.78 is 17.7. The number of ether oxygens (including phenoxy) is 1. The SMILES string of the molecule is O=C(CN1CCOC1=O)NCc1cn[nH]c1-c1ccc(F)cc1. The van der Waals surface area contributed by atoms with Crippen LogP contribution >= 0.6 is 0 Å². The third-order valence-electron chi connectivity index (χ3n) is 3.51. The first kappa shape index (κ1) is 15.0. The van der Waals surface area contributed by atoms with E-state index < -0.39 is 6.09 Å². The Labute approximate surface area is 131 Å². The largest absolute Gasteiger partial charge is 0.448 e. The Hall–Kier alpha value is -2.90. The van der Waals surface area contributed by atoms with Crippen LogP contribution in [0, 0.1) is 5.82 Å². The van der Waals surface area contributed by atoms with Crippen LogP contribution in [0.25, 0.3) is 11.3 Å². The molecule has 8 heteroatoms. The van der Waals surface area contributed by atoms with Crippen LogP contribution in [0.5, 0.6) is 0 Å². The maximum atomic E-state index is 13.0. The molecule has 0 aliphatic carbocycles. The summed E-state index contributed by atoms with van der Waals surface area (Å²) in [5.41, 5.74) is 2.26. The fraction of sp³-hybridized carbons (Fsp3) is 0.267. The average Bonchev–Trinajstić information content (AvgIpc) is 3.16. The van der Waals surface area contributed by atoms with Crippen molar-refractivity contribution >= 4 is 12.0 Å². The second kappa shape index (κ2) is 6.47. The van der Waals surface area contributed by atoms with Gasteiger partial charge < -0.3 is 10.1 Å². The number of benzene rings is 1. The molecule has 1 fully saturated rings. The van der Waals surface area contributed by atoms with E-state index >= 15 is 0 Å². The van der Waals surface area contributed by atoms with E-state index in [4.69, 9.17) is 4.74 Å². The number of nitrogens with zero attached hydrogens (tertiary/aromatic N) is 2. The first-order chi connectivity index (χ1) is 11.1. The molecule has 1 aliphatic rings. The number of H-pyrrole nitrogens is 1. The molecule has 2 N–H and O–H groups in total. The molecule has 1 aliphatic heterocycles. The quantitative estimate of drug-likeness (QED) is 0.869. The first-order valence-electron chi connectivity index (χ1n) is 7.10. The Morgan fingerprint density at radius 2 is 2.17 bits per heavy atom. The minimum Gasteiger partial charge on any atom is -0.448 e. The Kier molecular flexibility index (Phi) is 4.22. The molecular formula is C15H15FN4O3. The topological polar surface area (TPSA) is 87.3 Å². The summed E-state index contributed by atoms with van der Waals surface area (Å²) >= 11 is 0. The van der Waals surface area contributed by atoms with E-state index in [0.717, 1.165) is 11.1 Å². The zero-order valence-electron chi connectivity index (χ0n) is 12.2. The van der Waals surface area contributed by atoms with Crippen LogP contribution in [0.15, 0.2) is 30.5 Å². The second-order valence-corrected chi connectivity index (χ2v) is 5.09. The van der Waals surface area contributed by atoms with Crippen LogP contribution in [0.3, 0.4) is 0 Å². The summed E-state index contributed by atoms with van der Waals surface area (Å²) in [5, 5.41) is 9.53. The van der Waals surface area contributed by atoms with E-state index in [9.17, 15) is 14.0 Å². The normalized spacial score (nSPS) is 14.0. The highest BCUT2D eigenvalue weighted by Gasteiger charge is 2.24. The van der Waals surface area contributed by atoms with Crippen molar-refractivity contribution in [3.05, 3.63) is 41.8 Å². The number of rotatable bonds is 5. The van der Waals surface area contributed by atoms with Gasteiger partial charge in [-0.1, -0.05) is 0 Å². The maximum absolute atomic E-state index is 13.0. The molecule has 2 heterocycles. The zero-order valence-corrected chi connectivity index (χ0v) is 12.2. The molecule has 0 spiro atoms.